The first kappa shape index (κ1) is 17.6. The summed E-state index contributed by atoms with van der Waals surface area (Å²) in [5, 5.41) is 10.1. The van der Waals surface area contributed by atoms with Crippen molar-refractivity contribution >= 4 is 0 Å². The summed E-state index contributed by atoms with van der Waals surface area (Å²) in [6.07, 6.45) is 3.68. The second kappa shape index (κ2) is 8.23. The summed E-state index contributed by atoms with van der Waals surface area (Å²) in [5.74, 6) is 2.05. The third kappa shape index (κ3) is 4.86. The van der Waals surface area contributed by atoms with Crippen molar-refractivity contribution < 1.29 is 14.6 Å². The van der Waals surface area contributed by atoms with Gasteiger partial charge in [0.2, 0.25) is 0 Å². The minimum Gasteiger partial charge on any atom is -0.489 e. The minimum absolute atomic E-state index is 0.335. The molecule has 1 saturated carbocycles. The molecule has 0 amide bonds. The Morgan fingerprint density at radius 1 is 0.852 bits per heavy atom. The monoisotopic (exact) mass is 361 g/mol. The standard InChI is InChI=1S/C23H23NO3/c25-23(18-6-7-18)19-8-12-22(13-9-19)26-15-17-4-10-21(11-5-17)27-16-20-3-1-2-14-24-20/h1-5,8-14,18,23,25H,6-7,15-16H2. The van der Waals surface area contributed by atoms with E-state index in [0.717, 1.165) is 41.2 Å². The maximum atomic E-state index is 10.1. The van der Waals surface area contributed by atoms with Gasteiger partial charge in [-0.05, 0) is 66.3 Å². The number of benzene rings is 2. The fraction of sp³-hybridized carbons (Fsp3) is 0.261. The predicted molar refractivity (Wildman–Crippen MR) is 103 cm³/mol. The number of hydrogen-bond acceptors (Lipinski definition) is 4. The molecule has 1 atom stereocenters. The van der Waals surface area contributed by atoms with Crippen molar-refractivity contribution in [3.8, 4) is 11.5 Å². The van der Waals surface area contributed by atoms with E-state index in [2.05, 4.69) is 4.98 Å². The van der Waals surface area contributed by atoms with Crippen LogP contribution < -0.4 is 9.47 Å². The summed E-state index contributed by atoms with van der Waals surface area (Å²) in [6.45, 7) is 0.945. The van der Waals surface area contributed by atoms with Crippen LogP contribution in [0, 0.1) is 5.92 Å². The van der Waals surface area contributed by atoms with Crippen molar-refractivity contribution in [1.82, 2.24) is 4.98 Å². The lowest BCUT2D eigenvalue weighted by atomic mass is 10.1. The van der Waals surface area contributed by atoms with Crippen LogP contribution in [0.2, 0.25) is 0 Å². The molecule has 27 heavy (non-hydrogen) atoms. The second-order valence-electron chi connectivity index (χ2n) is 6.89. The lowest BCUT2D eigenvalue weighted by Crippen LogP contribution is -2.00. The van der Waals surface area contributed by atoms with E-state index in [1.807, 2.05) is 66.7 Å². The van der Waals surface area contributed by atoms with Crippen LogP contribution in [0.25, 0.3) is 0 Å². The number of aliphatic hydroxyl groups excluding tert-OH is 1. The number of rotatable bonds is 8. The molecule has 4 nitrogen and oxygen atoms in total. The molecule has 1 N–H and O–H groups in total. The highest BCUT2D eigenvalue weighted by atomic mass is 16.5. The maximum absolute atomic E-state index is 10.1. The van der Waals surface area contributed by atoms with Gasteiger partial charge in [0.25, 0.3) is 0 Å². The minimum atomic E-state index is -0.335. The summed E-state index contributed by atoms with van der Waals surface area (Å²) in [4.78, 5) is 4.24. The molecule has 1 unspecified atom stereocenters. The Hall–Kier alpha value is -2.85. The Bertz CT molecular complexity index is 843. The van der Waals surface area contributed by atoms with Gasteiger partial charge in [-0.1, -0.05) is 30.3 Å². The van der Waals surface area contributed by atoms with Gasteiger partial charge in [0.05, 0.1) is 11.8 Å². The molecule has 0 saturated heterocycles. The molecule has 0 aliphatic heterocycles. The highest BCUT2D eigenvalue weighted by Crippen LogP contribution is 2.41. The van der Waals surface area contributed by atoms with Gasteiger partial charge >= 0.3 is 0 Å². The summed E-state index contributed by atoms with van der Waals surface area (Å²) in [6, 6.07) is 21.4. The molecule has 1 aliphatic rings. The van der Waals surface area contributed by atoms with E-state index in [9.17, 15) is 5.11 Å². The number of aliphatic hydroxyl groups is 1. The summed E-state index contributed by atoms with van der Waals surface area (Å²) in [7, 11) is 0. The van der Waals surface area contributed by atoms with Crippen molar-refractivity contribution in [3.63, 3.8) is 0 Å². The second-order valence-corrected chi connectivity index (χ2v) is 6.89. The van der Waals surface area contributed by atoms with Crippen LogP contribution in [0.3, 0.4) is 0 Å². The van der Waals surface area contributed by atoms with Gasteiger partial charge in [-0.2, -0.15) is 0 Å². The normalized spacial score (nSPS) is 14.6. The number of pyridine rings is 1. The Morgan fingerprint density at radius 2 is 1.52 bits per heavy atom. The predicted octanol–water partition coefficient (Wildman–Crippen LogP) is 4.68. The van der Waals surface area contributed by atoms with Crippen LogP contribution in [0.5, 0.6) is 11.5 Å². The van der Waals surface area contributed by atoms with Gasteiger partial charge in [-0.25, -0.2) is 0 Å². The zero-order valence-corrected chi connectivity index (χ0v) is 15.1. The summed E-state index contributed by atoms with van der Waals surface area (Å²) >= 11 is 0. The lowest BCUT2D eigenvalue weighted by Gasteiger charge is -2.11. The first-order valence-electron chi connectivity index (χ1n) is 9.30. The molecule has 1 fully saturated rings. The highest BCUT2D eigenvalue weighted by molar-refractivity contribution is 5.31. The Balaban J connectivity index is 1.27. The quantitative estimate of drug-likeness (QED) is 0.633. The Kier molecular flexibility index (Phi) is 5.35. The van der Waals surface area contributed by atoms with Gasteiger partial charge in [-0.3, -0.25) is 4.98 Å². The van der Waals surface area contributed by atoms with Gasteiger partial charge < -0.3 is 14.6 Å². The molecule has 138 valence electrons. The van der Waals surface area contributed by atoms with Crippen LogP contribution in [0.4, 0.5) is 0 Å². The number of hydrogen-bond donors (Lipinski definition) is 1. The smallest absolute Gasteiger partial charge is 0.130 e. The van der Waals surface area contributed by atoms with Gasteiger partial charge in [-0.15, -0.1) is 0 Å². The van der Waals surface area contributed by atoms with Crippen LogP contribution >= 0.6 is 0 Å². The van der Waals surface area contributed by atoms with E-state index < -0.39 is 0 Å². The maximum Gasteiger partial charge on any atom is 0.130 e. The molecule has 1 heterocycles. The largest absolute Gasteiger partial charge is 0.489 e. The van der Waals surface area contributed by atoms with Crippen molar-refractivity contribution in [1.29, 1.82) is 0 Å². The van der Waals surface area contributed by atoms with Crippen molar-refractivity contribution in [3.05, 3.63) is 89.7 Å². The highest BCUT2D eigenvalue weighted by Gasteiger charge is 2.30. The van der Waals surface area contributed by atoms with Gasteiger partial charge in [0.15, 0.2) is 0 Å². The molecule has 2 aromatic carbocycles. The van der Waals surface area contributed by atoms with Crippen LogP contribution in [0.15, 0.2) is 72.9 Å². The van der Waals surface area contributed by atoms with Crippen molar-refractivity contribution in [2.24, 2.45) is 5.92 Å². The molecular formula is C23H23NO3. The molecular weight excluding hydrogens is 338 g/mol. The summed E-state index contributed by atoms with van der Waals surface area (Å²) in [5.41, 5.74) is 2.95. The van der Waals surface area contributed by atoms with Gasteiger partial charge in [0, 0.05) is 6.20 Å². The van der Waals surface area contributed by atoms with Crippen LogP contribution in [-0.4, -0.2) is 10.1 Å². The molecule has 0 bridgehead atoms. The average Bonchev–Trinajstić information content (AvgIpc) is 3.57. The molecule has 3 aromatic rings. The van der Waals surface area contributed by atoms with E-state index in [1.54, 1.807) is 6.20 Å². The Labute approximate surface area is 159 Å². The Morgan fingerprint density at radius 3 is 2.15 bits per heavy atom. The van der Waals surface area contributed by atoms with E-state index >= 15 is 0 Å². The number of nitrogens with zero attached hydrogens (tertiary/aromatic N) is 1. The zero-order chi connectivity index (χ0) is 18.5. The number of ether oxygens (including phenoxy) is 2. The first-order valence-corrected chi connectivity index (χ1v) is 9.30. The first-order chi connectivity index (χ1) is 13.3. The SMILES string of the molecule is OC(c1ccc(OCc2ccc(OCc3ccccn3)cc2)cc1)C1CC1. The number of aromatic nitrogens is 1. The van der Waals surface area contributed by atoms with E-state index in [0.29, 0.717) is 19.1 Å². The average molecular weight is 361 g/mol. The van der Waals surface area contributed by atoms with Gasteiger partial charge in [0.1, 0.15) is 24.7 Å². The van der Waals surface area contributed by atoms with Crippen molar-refractivity contribution in [2.45, 2.75) is 32.2 Å². The molecule has 0 radical (unpaired) electrons. The molecule has 0 spiro atoms. The lowest BCUT2D eigenvalue weighted by molar-refractivity contribution is 0.153. The third-order valence-electron chi connectivity index (χ3n) is 4.73. The summed E-state index contributed by atoms with van der Waals surface area (Å²) < 4.78 is 11.6. The van der Waals surface area contributed by atoms with E-state index in [4.69, 9.17) is 9.47 Å². The zero-order valence-electron chi connectivity index (χ0n) is 15.1. The fourth-order valence-corrected chi connectivity index (χ4v) is 2.93. The topological polar surface area (TPSA) is 51.6 Å². The van der Waals surface area contributed by atoms with E-state index in [-0.39, 0.29) is 6.10 Å². The molecule has 4 heteroatoms. The van der Waals surface area contributed by atoms with Crippen molar-refractivity contribution in [2.75, 3.05) is 0 Å². The fourth-order valence-electron chi connectivity index (χ4n) is 2.93. The van der Waals surface area contributed by atoms with E-state index in [1.165, 1.54) is 0 Å². The molecule has 1 aromatic heterocycles. The van der Waals surface area contributed by atoms with Crippen LogP contribution in [0.1, 0.15) is 35.8 Å². The molecule has 4 rings (SSSR count). The molecule has 1 aliphatic carbocycles. The van der Waals surface area contributed by atoms with Crippen LogP contribution in [-0.2, 0) is 13.2 Å². The third-order valence-corrected chi connectivity index (χ3v) is 4.73.